The van der Waals surface area contributed by atoms with Crippen molar-refractivity contribution in [2.45, 2.75) is 12.5 Å². The molecule has 1 aliphatic heterocycles. The predicted molar refractivity (Wildman–Crippen MR) is 112 cm³/mol. The summed E-state index contributed by atoms with van der Waals surface area (Å²) in [7, 11) is 3.10. The van der Waals surface area contributed by atoms with E-state index in [1.54, 1.807) is 14.1 Å². The van der Waals surface area contributed by atoms with E-state index in [2.05, 4.69) is 25.3 Å². The number of benzene rings is 1. The molecule has 1 N–H and O–H groups in total. The first-order valence-electron chi connectivity index (χ1n) is 8.84. The third-order valence-electron chi connectivity index (χ3n) is 4.59. The molecule has 0 spiro atoms. The number of hydrogen-bond donors (Lipinski definition) is 1. The Morgan fingerprint density at radius 2 is 1.69 bits per heavy atom. The van der Waals surface area contributed by atoms with Gasteiger partial charge in [-0.15, -0.1) is 0 Å². The van der Waals surface area contributed by atoms with Crippen molar-refractivity contribution in [1.82, 2.24) is 9.97 Å². The zero-order valence-corrected chi connectivity index (χ0v) is 16.7. The van der Waals surface area contributed by atoms with Crippen molar-refractivity contribution in [2.24, 2.45) is 9.98 Å². The molecular weight excluding hydrogens is 408 g/mol. The van der Waals surface area contributed by atoms with E-state index < -0.39 is 6.04 Å². The molecule has 0 amide bonds. The third-order valence-corrected chi connectivity index (χ3v) is 4.59. The summed E-state index contributed by atoms with van der Waals surface area (Å²) in [6, 6.07) is 10.2. The Balaban J connectivity index is 2.63. The molecule has 1 aromatic carbocycles. The molecule has 0 fully saturated rings. The van der Waals surface area contributed by atoms with Gasteiger partial charge in [-0.3, -0.25) is 0 Å². The summed E-state index contributed by atoms with van der Waals surface area (Å²) in [6.45, 7) is 0. The maximum atomic E-state index is 9.60. The molecule has 2 heterocycles. The van der Waals surface area contributed by atoms with Crippen molar-refractivity contribution < 1.29 is 0 Å². The maximum Gasteiger partial charge on any atom is 0.177 e. The van der Waals surface area contributed by atoms with Crippen molar-refractivity contribution in [2.75, 3.05) is 24.3 Å². The summed E-state index contributed by atoms with van der Waals surface area (Å²) < 4.78 is 0. The number of rotatable bonds is 3. The quantitative estimate of drug-likeness (QED) is 0.715. The van der Waals surface area contributed by atoms with E-state index in [1.165, 1.54) is 4.90 Å². The van der Waals surface area contributed by atoms with Crippen LogP contribution in [-0.2, 0) is 0 Å². The van der Waals surface area contributed by atoms with Gasteiger partial charge in [-0.05, 0) is 0 Å². The van der Waals surface area contributed by atoms with Crippen LogP contribution in [0, 0.1) is 68.0 Å². The van der Waals surface area contributed by atoms with Crippen LogP contribution in [0.1, 0.15) is 17.8 Å². The molecule has 3 rings (SSSR count). The number of nitrogens with one attached hydrogen (secondary N) is 1. The van der Waals surface area contributed by atoms with Gasteiger partial charge in [0, 0.05) is 14.1 Å². The highest BCUT2D eigenvalue weighted by molar-refractivity contribution is 6.19. The topological polar surface area (TPSA) is 209 Å². The summed E-state index contributed by atoms with van der Waals surface area (Å²) in [5, 5.41) is 59.2. The molecule has 0 saturated heterocycles. The van der Waals surface area contributed by atoms with Crippen LogP contribution >= 0.6 is 0 Å². The van der Waals surface area contributed by atoms with Crippen LogP contribution < -0.4 is 10.2 Å². The standard InChI is InChI=1S/C20H10N12/c1-27-15-16-17(30-12(7-24)11(6-23)29-16)19-20(18(15)28-10(5-22)3-4-21)32(2)14(9-26)13(8-25)31-19/h14,27H,3H2,1-2H3/b28-10+. The lowest BCUT2D eigenvalue weighted by Crippen LogP contribution is -2.39. The Morgan fingerprint density at radius 3 is 2.19 bits per heavy atom. The lowest BCUT2D eigenvalue weighted by atomic mass is 10.0. The summed E-state index contributed by atoms with van der Waals surface area (Å²) >= 11 is 0. The molecule has 0 aliphatic carbocycles. The summed E-state index contributed by atoms with van der Waals surface area (Å²) in [5.41, 5.74) is 0.280. The second-order valence-electron chi connectivity index (χ2n) is 6.27. The number of hydrogen-bond acceptors (Lipinski definition) is 12. The molecule has 0 saturated carbocycles. The Morgan fingerprint density at radius 1 is 1.03 bits per heavy atom. The fourth-order valence-electron chi connectivity index (χ4n) is 3.21. The highest BCUT2D eigenvalue weighted by Crippen LogP contribution is 2.51. The molecule has 12 nitrogen and oxygen atoms in total. The molecule has 1 aromatic heterocycles. The van der Waals surface area contributed by atoms with Gasteiger partial charge in [0.2, 0.25) is 0 Å². The first-order valence-corrected chi connectivity index (χ1v) is 8.84. The largest absolute Gasteiger partial charge is 0.384 e. The first kappa shape index (κ1) is 21.2. The summed E-state index contributed by atoms with van der Waals surface area (Å²) in [5.74, 6) is 0. The van der Waals surface area contributed by atoms with E-state index in [9.17, 15) is 26.3 Å². The number of aliphatic imine (C=N–C) groups is 2. The molecule has 1 atom stereocenters. The van der Waals surface area contributed by atoms with Crippen LogP contribution in [0.2, 0.25) is 0 Å². The highest BCUT2D eigenvalue weighted by atomic mass is 15.2. The number of anilines is 2. The summed E-state index contributed by atoms with van der Waals surface area (Å²) in [6.07, 6.45) is -0.271. The fourth-order valence-corrected chi connectivity index (χ4v) is 3.21. The summed E-state index contributed by atoms with van der Waals surface area (Å²) in [4.78, 5) is 18.5. The van der Waals surface area contributed by atoms with E-state index >= 15 is 0 Å². The number of nitriles is 6. The smallest absolute Gasteiger partial charge is 0.177 e. The Kier molecular flexibility index (Phi) is 5.58. The van der Waals surface area contributed by atoms with E-state index in [0.29, 0.717) is 0 Å². The van der Waals surface area contributed by atoms with Crippen LogP contribution in [0.15, 0.2) is 9.98 Å². The molecule has 1 unspecified atom stereocenters. The van der Waals surface area contributed by atoms with E-state index in [0.717, 1.165) is 0 Å². The van der Waals surface area contributed by atoms with Gasteiger partial charge in [0.15, 0.2) is 23.1 Å². The third kappa shape index (κ3) is 3.14. The van der Waals surface area contributed by atoms with Crippen molar-refractivity contribution >= 4 is 45.2 Å². The van der Waals surface area contributed by atoms with Gasteiger partial charge < -0.3 is 10.2 Å². The maximum absolute atomic E-state index is 9.60. The lowest BCUT2D eigenvalue weighted by molar-refractivity contribution is 0.927. The van der Waals surface area contributed by atoms with Gasteiger partial charge in [-0.1, -0.05) is 0 Å². The van der Waals surface area contributed by atoms with Crippen molar-refractivity contribution in [1.29, 1.82) is 31.6 Å². The lowest BCUT2D eigenvalue weighted by Gasteiger charge is -2.31. The molecule has 0 bridgehead atoms. The minimum Gasteiger partial charge on any atom is -0.384 e. The Hall–Kier alpha value is -5.56. The van der Waals surface area contributed by atoms with Gasteiger partial charge >= 0.3 is 0 Å². The van der Waals surface area contributed by atoms with Gasteiger partial charge in [-0.2, -0.15) is 31.6 Å². The van der Waals surface area contributed by atoms with E-state index in [-0.39, 0.29) is 63.0 Å². The molecule has 32 heavy (non-hydrogen) atoms. The van der Waals surface area contributed by atoms with Gasteiger partial charge in [0.05, 0.1) is 29.9 Å². The number of fused-ring (bicyclic) bond motifs is 3. The van der Waals surface area contributed by atoms with Crippen LogP contribution in [0.3, 0.4) is 0 Å². The zero-order valence-electron chi connectivity index (χ0n) is 16.7. The fraction of sp³-hybridized carbons (Fsp3) is 0.200. The molecule has 1 aliphatic rings. The van der Waals surface area contributed by atoms with Crippen molar-refractivity contribution in [3.63, 3.8) is 0 Å². The zero-order chi connectivity index (χ0) is 23.4. The SMILES string of the molecule is CNc1c(/N=C(/C#N)CC#N)c2c(c3nc(C#N)c(C#N)nc13)N=C(C#N)C(C#N)N2C. The second kappa shape index (κ2) is 8.44. The molecule has 150 valence electrons. The van der Waals surface area contributed by atoms with Gasteiger partial charge in [-0.25, -0.2) is 20.0 Å². The predicted octanol–water partition coefficient (Wildman–Crippen LogP) is 1.86. The normalized spacial score (nSPS) is 14.5. The van der Waals surface area contributed by atoms with Crippen molar-refractivity contribution in [3.8, 4) is 36.4 Å². The van der Waals surface area contributed by atoms with Crippen molar-refractivity contribution in [3.05, 3.63) is 11.4 Å². The van der Waals surface area contributed by atoms with E-state index in [1.807, 2.05) is 36.4 Å². The Bertz CT molecular complexity index is 1470. The van der Waals surface area contributed by atoms with Crippen LogP contribution in [0.5, 0.6) is 0 Å². The minimum atomic E-state index is -1.05. The first-order chi connectivity index (χ1) is 15.5. The molecule has 2 aromatic rings. The van der Waals surface area contributed by atoms with Crippen LogP contribution in [-0.4, -0.2) is 41.5 Å². The van der Waals surface area contributed by atoms with Crippen LogP contribution in [0.25, 0.3) is 11.0 Å². The molecular formula is C20H10N12. The number of nitrogens with zero attached hydrogens (tertiary/aromatic N) is 11. The van der Waals surface area contributed by atoms with Gasteiger partial charge in [0.1, 0.15) is 52.4 Å². The molecule has 0 radical (unpaired) electrons. The van der Waals surface area contributed by atoms with E-state index in [4.69, 9.17) is 5.26 Å². The van der Waals surface area contributed by atoms with Crippen LogP contribution in [0.4, 0.5) is 22.7 Å². The highest BCUT2D eigenvalue weighted by Gasteiger charge is 2.34. The Labute approximate surface area is 181 Å². The average Bonchev–Trinajstić information content (AvgIpc) is 2.82. The molecule has 12 heteroatoms. The van der Waals surface area contributed by atoms with Gasteiger partial charge in [0.25, 0.3) is 0 Å². The minimum absolute atomic E-state index is 0.103. The second-order valence-corrected chi connectivity index (χ2v) is 6.27. The monoisotopic (exact) mass is 418 g/mol. The average molecular weight is 418 g/mol. The number of aromatic nitrogens is 2.